The topological polar surface area (TPSA) is 109 Å². The number of rotatable bonds is 5. The summed E-state index contributed by atoms with van der Waals surface area (Å²) in [6.45, 7) is 0.426. The lowest BCUT2D eigenvalue weighted by Gasteiger charge is -2.09. The van der Waals surface area contributed by atoms with E-state index in [1.165, 1.54) is 11.3 Å². The van der Waals surface area contributed by atoms with Crippen LogP contribution in [0, 0.1) is 0 Å². The van der Waals surface area contributed by atoms with E-state index < -0.39 is 11.2 Å². The number of methoxy groups -OCH3 is 1. The molecule has 156 valence electrons. The Morgan fingerprint density at radius 3 is 3.10 bits per heavy atom. The van der Waals surface area contributed by atoms with E-state index in [0.717, 1.165) is 47.5 Å². The van der Waals surface area contributed by atoms with Gasteiger partial charge < -0.3 is 9.29 Å². The number of hydrogen-bond donors (Lipinski definition) is 1. The average Bonchev–Trinajstić information content (AvgIpc) is 3.48. The van der Waals surface area contributed by atoms with Crippen molar-refractivity contribution in [1.29, 1.82) is 0 Å². The fourth-order valence-corrected chi connectivity index (χ4v) is 6.44. The lowest BCUT2D eigenvalue weighted by molar-refractivity contribution is 0.217. The minimum absolute atomic E-state index is 0.424. The van der Waals surface area contributed by atoms with Gasteiger partial charge >= 0.3 is 0 Å². The van der Waals surface area contributed by atoms with Crippen molar-refractivity contribution in [1.82, 2.24) is 34.6 Å². The van der Waals surface area contributed by atoms with Crippen LogP contribution in [0.15, 0.2) is 41.0 Å². The number of nitrogens with one attached hydrogen (secondary N) is 1. The molecular formula is C20H17N7O2S2. The molecule has 0 amide bonds. The summed E-state index contributed by atoms with van der Waals surface area (Å²) in [5.74, 6) is 0.424. The Bertz CT molecular complexity index is 1580. The molecule has 0 saturated heterocycles. The van der Waals surface area contributed by atoms with E-state index in [0.29, 0.717) is 18.0 Å². The Labute approximate surface area is 182 Å². The minimum Gasteiger partial charge on any atom is -0.611 e. The first-order valence-corrected chi connectivity index (χ1v) is 11.7. The van der Waals surface area contributed by atoms with Gasteiger partial charge in [0.25, 0.3) is 0 Å². The van der Waals surface area contributed by atoms with E-state index >= 15 is 0 Å². The van der Waals surface area contributed by atoms with Crippen molar-refractivity contribution in [3.63, 3.8) is 0 Å². The lowest BCUT2D eigenvalue weighted by atomic mass is 10.1. The second kappa shape index (κ2) is 7.02. The van der Waals surface area contributed by atoms with Crippen molar-refractivity contribution < 1.29 is 9.29 Å². The van der Waals surface area contributed by atoms with E-state index in [4.69, 9.17) is 9.72 Å². The summed E-state index contributed by atoms with van der Waals surface area (Å²) in [5, 5.41) is 14.9. The maximum atomic E-state index is 13.0. The maximum Gasteiger partial charge on any atom is 0.234 e. The number of thiophene rings is 1. The van der Waals surface area contributed by atoms with Crippen LogP contribution in [0.3, 0.4) is 0 Å². The predicted octanol–water partition coefficient (Wildman–Crippen LogP) is 3.13. The molecule has 9 nitrogen and oxygen atoms in total. The summed E-state index contributed by atoms with van der Waals surface area (Å²) < 4.78 is 22.3. The molecule has 1 atom stereocenters. The smallest absolute Gasteiger partial charge is 0.234 e. The van der Waals surface area contributed by atoms with Gasteiger partial charge in [0.2, 0.25) is 4.21 Å². The number of pyridine rings is 2. The molecule has 6 rings (SSSR count). The van der Waals surface area contributed by atoms with Crippen molar-refractivity contribution >= 4 is 60.2 Å². The van der Waals surface area contributed by atoms with E-state index in [1.807, 2.05) is 31.4 Å². The third-order valence-corrected chi connectivity index (χ3v) is 8.06. The third-order valence-electron chi connectivity index (χ3n) is 5.22. The highest BCUT2D eigenvalue weighted by Crippen LogP contribution is 2.40. The highest BCUT2D eigenvalue weighted by Gasteiger charge is 2.25. The van der Waals surface area contributed by atoms with Crippen LogP contribution < -0.4 is 0 Å². The molecule has 6 aromatic rings. The first-order valence-electron chi connectivity index (χ1n) is 9.58. The quantitative estimate of drug-likeness (QED) is 0.403. The zero-order valence-corrected chi connectivity index (χ0v) is 18.3. The van der Waals surface area contributed by atoms with E-state index in [9.17, 15) is 4.55 Å². The summed E-state index contributed by atoms with van der Waals surface area (Å²) >= 11 is 0.238. The molecule has 0 aliphatic heterocycles. The molecule has 0 fully saturated rings. The van der Waals surface area contributed by atoms with Crippen molar-refractivity contribution in [3.8, 4) is 11.3 Å². The van der Waals surface area contributed by atoms with Gasteiger partial charge in [0, 0.05) is 54.1 Å². The Balaban J connectivity index is 1.62. The third kappa shape index (κ3) is 2.92. The molecule has 1 N–H and O–H groups in total. The van der Waals surface area contributed by atoms with Gasteiger partial charge in [-0.15, -0.1) is 0 Å². The van der Waals surface area contributed by atoms with Crippen LogP contribution in [-0.2, 0) is 23.0 Å². The van der Waals surface area contributed by atoms with Crippen LogP contribution >= 0.6 is 11.3 Å². The minimum atomic E-state index is -1.21. The van der Waals surface area contributed by atoms with E-state index in [2.05, 4.69) is 20.3 Å². The monoisotopic (exact) mass is 451 g/mol. The van der Waals surface area contributed by atoms with Crippen molar-refractivity contribution in [2.24, 2.45) is 7.05 Å². The van der Waals surface area contributed by atoms with Crippen LogP contribution in [0.2, 0.25) is 0 Å². The lowest BCUT2D eigenvalue weighted by Crippen LogP contribution is -2.11. The molecule has 0 spiro atoms. The largest absolute Gasteiger partial charge is 0.611 e. The predicted molar refractivity (Wildman–Crippen MR) is 121 cm³/mol. The van der Waals surface area contributed by atoms with Crippen molar-refractivity contribution in [3.05, 3.63) is 36.8 Å². The van der Waals surface area contributed by atoms with Gasteiger partial charge in [-0.2, -0.15) is 14.8 Å². The molecular weight excluding hydrogens is 434 g/mol. The molecule has 0 aromatic carbocycles. The average molecular weight is 452 g/mol. The summed E-state index contributed by atoms with van der Waals surface area (Å²) in [7, 11) is 3.49. The fourth-order valence-electron chi connectivity index (χ4n) is 3.82. The molecule has 11 heteroatoms. The van der Waals surface area contributed by atoms with Crippen molar-refractivity contribution in [2.45, 2.75) is 4.21 Å². The highest BCUT2D eigenvalue weighted by molar-refractivity contribution is 7.93. The molecule has 0 unspecified atom stereocenters. The fraction of sp³-hybridized carbons (Fsp3) is 0.200. The molecule has 0 aliphatic rings. The second-order valence-corrected chi connectivity index (χ2v) is 9.99. The number of aromatic nitrogens is 7. The Morgan fingerprint density at radius 2 is 2.23 bits per heavy atom. The summed E-state index contributed by atoms with van der Waals surface area (Å²) in [5.41, 5.74) is 4.15. The Morgan fingerprint density at radius 1 is 1.32 bits per heavy atom. The molecule has 0 radical (unpaired) electrons. The maximum absolute atomic E-state index is 13.0. The number of nitrogens with zero attached hydrogens (tertiary/aromatic N) is 6. The van der Waals surface area contributed by atoms with Crippen LogP contribution in [0.4, 0.5) is 0 Å². The molecule has 6 aromatic heterocycles. The molecule has 0 bridgehead atoms. The number of ether oxygens (including phenoxy) is 1. The van der Waals surface area contributed by atoms with Gasteiger partial charge in [0.05, 0.1) is 29.4 Å². The highest BCUT2D eigenvalue weighted by atomic mass is 32.2. The van der Waals surface area contributed by atoms with Crippen molar-refractivity contribution in [2.75, 3.05) is 19.5 Å². The molecule has 0 saturated carbocycles. The van der Waals surface area contributed by atoms with E-state index in [-0.39, 0.29) is 0 Å². The molecule has 6 heterocycles. The van der Waals surface area contributed by atoms with Gasteiger partial charge in [-0.05, 0) is 18.2 Å². The van der Waals surface area contributed by atoms with Gasteiger partial charge in [0.15, 0.2) is 5.65 Å². The van der Waals surface area contributed by atoms with Crippen LogP contribution in [-0.4, -0.2) is 58.6 Å². The van der Waals surface area contributed by atoms with E-state index in [1.54, 1.807) is 28.8 Å². The van der Waals surface area contributed by atoms with Crippen LogP contribution in [0.1, 0.15) is 0 Å². The van der Waals surface area contributed by atoms with Gasteiger partial charge in [0.1, 0.15) is 16.1 Å². The number of aromatic amines is 1. The normalized spacial score (nSPS) is 13.3. The Kier molecular flexibility index (Phi) is 4.25. The number of aryl methyl sites for hydroxylation is 1. The number of fused-ring (bicyclic) bond motifs is 3. The standard InChI is InChI=1S/C20H17N7O2S2/c1-26-10-12-7-11(9-21-18(12)25-26)14-8-13-15-3-4-22-27(15)24-17-16(13)19(23-14)30-20(17)31(28)6-5-29-2/h3-4,7-10,24H,5-6H2,1-2H3/t31-/m1/s1. The van der Waals surface area contributed by atoms with Crippen LogP contribution in [0.25, 0.3) is 48.9 Å². The second-order valence-electron chi connectivity index (χ2n) is 7.22. The van der Waals surface area contributed by atoms with Crippen LogP contribution in [0.5, 0.6) is 0 Å². The SMILES string of the molecule is COCC[S@@+]([O-])c1sc2nc(-c3cnc4nn(C)cc4c3)cc3c2c1[nH]n1nccc31. The van der Waals surface area contributed by atoms with Gasteiger partial charge in [-0.1, -0.05) is 11.3 Å². The molecule has 0 aliphatic carbocycles. The summed E-state index contributed by atoms with van der Waals surface area (Å²) in [6.07, 6.45) is 5.48. The Hall–Kier alpha value is -2.99. The first-order chi connectivity index (χ1) is 15.1. The number of H-pyrrole nitrogens is 1. The zero-order chi connectivity index (χ0) is 21.1. The van der Waals surface area contributed by atoms with Gasteiger partial charge in [-0.25, -0.2) is 9.97 Å². The number of hydrogen-bond acceptors (Lipinski definition) is 7. The summed E-state index contributed by atoms with van der Waals surface area (Å²) in [4.78, 5) is 10.2. The molecule has 31 heavy (non-hydrogen) atoms. The van der Waals surface area contributed by atoms with Gasteiger partial charge in [-0.3, -0.25) is 9.78 Å². The summed E-state index contributed by atoms with van der Waals surface area (Å²) in [6, 6.07) is 6.05. The first kappa shape index (κ1) is 18.8. The zero-order valence-electron chi connectivity index (χ0n) is 16.7.